The Morgan fingerprint density at radius 3 is 2.09 bits per heavy atom. The van der Waals surface area contributed by atoms with Gasteiger partial charge in [0.25, 0.3) is 5.91 Å². The summed E-state index contributed by atoms with van der Waals surface area (Å²) in [5.74, 6) is -3.15. The fourth-order valence-corrected chi connectivity index (χ4v) is 7.45. The number of aromatic carboxylic acids is 1. The minimum Gasteiger partial charge on any atom is -0.489 e. The summed E-state index contributed by atoms with van der Waals surface area (Å²) in [4.78, 5) is 39.1. The van der Waals surface area contributed by atoms with E-state index in [2.05, 4.69) is 37.2 Å². The number of carboxylic acid groups (broad SMARTS) is 1. The third kappa shape index (κ3) is 10.8. The van der Waals surface area contributed by atoms with Crippen molar-refractivity contribution in [2.24, 2.45) is 0 Å². The Morgan fingerprint density at radius 1 is 0.855 bits per heavy atom. The van der Waals surface area contributed by atoms with Gasteiger partial charge in [0, 0.05) is 32.8 Å². The number of alkyl halides is 6. The molecule has 1 heterocycles. The Bertz CT molecular complexity index is 2100. The van der Waals surface area contributed by atoms with Crippen molar-refractivity contribution in [3.8, 4) is 11.5 Å². The highest BCUT2D eigenvalue weighted by atomic mass is 79.9. The van der Waals surface area contributed by atoms with E-state index in [1.807, 2.05) is 18.2 Å². The van der Waals surface area contributed by atoms with E-state index in [1.54, 1.807) is 18.2 Å². The number of carboxylic acids is 1. The van der Waals surface area contributed by atoms with Crippen LogP contribution in [-0.4, -0.2) is 47.7 Å². The molecule has 1 amide bonds. The molecule has 0 aliphatic carbocycles. The number of anilines is 2. The van der Waals surface area contributed by atoms with Crippen LogP contribution in [0.2, 0.25) is 0 Å². The normalized spacial score (nSPS) is 13.9. The predicted molar refractivity (Wildman–Crippen MR) is 200 cm³/mol. The summed E-state index contributed by atoms with van der Waals surface area (Å²) in [5, 5.41) is 12.4. The van der Waals surface area contributed by atoms with Gasteiger partial charge >= 0.3 is 24.3 Å². The summed E-state index contributed by atoms with van der Waals surface area (Å²) in [7, 11) is 1.14. The zero-order valence-electron chi connectivity index (χ0n) is 28.3. The van der Waals surface area contributed by atoms with Crippen LogP contribution in [0.15, 0.2) is 81.7 Å². The van der Waals surface area contributed by atoms with Crippen LogP contribution in [-0.2, 0) is 34.9 Å². The maximum Gasteiger partial charge on any atom is 0.416 e. The zero-order valence-corrected chi connectivity index (χ0v) is 32.3. The largest absolute Gasteiger partial charge is 0.489 e. The van der Waals surface area contributed by atoms with Crippen molar-refractivity contribution >= 4 is 78.3 Å². The molecule has 55 heavy (non-hydrogen) atoms. The number of ether oxygens (including phenoxy) is 3. The van der Waals surface area contributed by atoms with E-state index in [0.717, 1.165) is 27.7 Å². The first kappa shape index (κ1) is 41.5. The van der Waals surface area contributed by atoms with Crippen LogP contribution in [0.5, 0.6) is 11.5 Å². The first-order valence-electron chi connectivity index (χ1n) is 16.0. The highest BCUT2D eigenvalue weighted by Crippen LogP contribution is 2.40. The molecule has 0 radical (unpaired) electrons. The fourth-order valence-electron chi connectivity index (χ4n) is 5.83. The molecule has 1 unspecified atom stereocenters. The number of hydrogen-bond acceptors (Lipinski definition) is 7. The van der Waals surface area contributed by atoms with E-state index < -0.39 is 59.7 Å². The lowest BCUT2D eigenvalue weighted by atomic mass is 10.1. The maximum atomic E-state index is 13.8. The number of nitrogens with one attached hydrogen (secondary N) is 1. The average Bonchev–Trinajstić information content (AvgIpc) is 3.48. The van der Waals surface area contributed by atoms with Gasteiger partial charge < -0.3 is 29.5 Å². The van der Waals surface area contributed by atoms with Gasteiger partial charge in [-0.25, -0.2) is 9.59 Å². The summed E-state index contributed by atoms with van der Waals surface area (Å²) in [6, 6.07) is 14.5. The highest BCUT2D eigenvalue weighted by molar-refractivity contribution is 9.11. The number of carbonyl (C=O) groups excluding carboxylic acids is 2. The molecule has 290 valence electrons. The number of halogens is 8. The van der Waals surface area contributed by atoms with Crippen LogP contribution >= 0.6 is 44.1 Å². The molecule has 0 saturated carbocycles. The van der Waals surface area contributed by atoms with Crippen LogP contribution in [0.25, 0.3) is 0 Å². The molecular formula is C37H28Br2F6N2O7S. The monoisotopic (exact) mass is 916 g/mol. The minimum atomic E-state index is -5.11. The van der Waals surface area contributed by atoms with Gasteiger partial charge in [0.2, 0.25) is 0 Å². The van der Waals surface area contributed by atoms with Gasteiger partial charge in [0.1, 0.15) is 18.1 Å². The van der Waals surface area contributed by atoms with Gasteiger partial charge in [-0.2, -0.15) is 26.3 Å². The number of amides is 1. The molecule has 18 heteroatoms. The molecule has 4 aromatic rings. The van der Waals surface area contributed by atoms with Crippen molar-refractivity contribution in [2.75, 3.05) is 23.9 Å². The summed E-state index contributed by atoms with van der Waals surface area (Å²) in [6.45, 7) is -0.695. The molecular weight excluding hydrogens is 890 g/mol. The second kappa shape index (κ2) is 17.0. The Labute approximate surface area is 331 Å². The third-order valence-corrected chi connectivity index (χ3v) is 9.46. The molecule has 1 aliphatic heterocycles. The Balaban J connectivity index is 1.37. The molecule has 2 N–H and O–H groups in total. The first-order valence-corrected chi connectivity index (χ1v) is 18.0. The van der Waals surface area contributed by atoms with Crippen molar-refractivity contribution in [2.45, 2.75) is 44.3 Å². The molecule has 0 aromatic heterocycles. The number of carbonyl (C=O) groups is 3. The second-order valence-corrected chi connectivity index (χ2v) is 14.5. The van der Waals surface area contributed by atoms with E-state index in [1.165, 1.54) is 17.0 Å². The third-order valence-electron chi connectivity index (χ3n) is 8.24. The molecule has 1 aliphatic rings. The van der Waals surface area contributed by atoms with Gasteiger partial charge in [-0.15, -0.1) is 0 Å². The van der Waals surface area contributed by atoms with E-state index >= 15 is 0 Å². The van der Waals surface area contributed by atoms with E-state index in [0.29, 0.717) is 29.1 Å². The molecule has 0 fully saturated rings. The van der Waals surface area contributed by atoms with Crippen LogP contribution < -0.4 is 19.7 Å². The highest BCUT2D eigenvalue weighted by Gasteiger charge is 2.38. The lowest BCUT2D eigenvalue weighted by molar-refractivity contribution is -0.143. The number of benzene rings is 4. The molecule has 0 bridgehead atoms. The standard InChI is InChI=1S/C37H28Br2F6N2O7S/c1-52-35(51)22-8-21(34(49)50)9-27(10-22)46-32(55)5-2-28-11-20-12-29(53-17-19-6-25(38)16-26(39)7-19)3-4-31(20)47(28)33(48)18-54-30-14-23(36(40,41)42)13-24(15-30)37(43,44)45/h3-4,6-10,12-16,28H,2,5,11,17-18H2,1H3,(H,46,55)(H,49,50). The van der Waals surface area contributed by atoms with Crippen LogP contribution in [0.4, 0.5) is 37.7 Å². The van der Waals surface area contributed by atoms with Crippen LogP contribution in [0.1, 0.15) is 55.8 Å². The Hall–Kier alpha value is -4.68. The number of fused-ring (bicyclic) bond motifs is 1. The second-order valence-electron chi connectivity index (χ2n) is 12.2. The molecule has 0 saturated heterocycles. The first-order chi connectivity index (χ1) is 25.8. The summed E-state index contributed by atoms with van der Waals surface area (Å²) in [6.07, 6.45) is -9.62. The molecule has 9 nitrogen and oxygen atoms in total. The van der Waals surface area contributed by atoms with Crippen LogP contribution in [0, 0.1) is 0 Å². The van der Waals surface area contributed by atoms with Gasteiger partial charge in [-0.05, 0) is 96.8 Å². The topological polar surface area (TPSA) is 114 Å². The SMILES string of the molecule is COC(=O)c1cc(NC(=S)CCC2Cc3cc(OCc4cc(Br)cc(Br)c4)ccc3N2C(=O)COc2cc(C(F)(F)F)cc(C(F)(F)F)c2)cc(C(=O)O)c1. The smallest absolute Gasteiger partial charge is 0.416 e. The summed E-state index contributed by atoms with van der Waals surface area (Å²) >= 11 is 12.4. The molecule has 1 atom stereocenters. The lowest BCUT2D eigenvalue weighted by Crippen LogP contribution is -2.41. The van der Waals surface area contributed by atoms with Crippen molar-refractivity contribution in [3.63, 3.8) is 0 Å². The predicted octanol–water partition coefficient (Wildman–Crippen LogP) is 9.87. The van der Waals surface area contributed by atoms with Gasteiger partial charge in [0.05, 0.1) is 34.4 Å². The number of thiocarbonyl (C=S) groups is 1. The number of nitrogens with zero attached hydrogens (tertiary/aromatic N) is 1. The van der Waals surface area contributed by atoms with E-state index in [9.17, 15) is 45.8 Å². The quantitative estimate of drug-likeness (QED) is 0.0815. The lowest BCUT2D eigenvalue weighted by Gasteiger charge is -2.26. The maximum absolute atomic E-state index is 13.8. The van der Waals surface area contributed by atoms with Crippen molar-refractivity contribution < 1.29 is 60.0 Å². The average molecular weight is 919 g/mol. The van der Waals surface area contributed by atoms with E-state index in [4.69, 9.17) is 26.4 Å². The summed E-state index contributed by atoms with van der Waals surface area (Å²) in [5.41, 5.74) is -1.29. The number of hydrogen-bond donors (Lipinski definition) is 2. The Kier molecular flexibility index (Phi) is 12.8. The number of esters is 1. The minimum absolute atomic E-state index is 0.0376. The number of rotatable bonds is 12. The zero-order chi connectivity index (χ0) is 40.2. The molecule has 0 spiro atoms. The van der Waals surface area contributed by atoms with Gasteiger partial charge in [-0.1, -0.05) is 44.1 Å². The molecule has 5 rings (SSSR count). The van der Waals surface area contributed by atoms with Crippen LogP contribution in [0.3, 0.4) is 0 Å². The van der Waals surface area contributed by atoms with Crippen molar-refractivity contribution in [1.82, 2.24) is 0 Å². The van der Waals surface area contributed by atoms with Gasteiger partial charge in [0.15, 0.2) is 6.61 Å². The van der Waals surface area contributed by atoms with Crippen molar-refractivity contribution in [3.05, 3.63) is 115 Å². The summed E-state index contributed by atoms with van der Waals surface area (Å²) < 4.78 is 98.4. The van der Waals surface area contributed by atoms with E-state index in [-0.39, 0.29) is 53.7 Å². The Morgan fingerprint density at radius 2 is 1.49 bits per heavy atom. The molecule has 4 aromatic carbocycles. The van der Waals surface area contributed by atoms with Gasteiger partial charge in [-0.3, -0.25) is 4.79 Å². The van der Waals surface area contributed by atoms with Crippen molar-refractivity contribution in [1.29, 1.82) is 0 Å². The fraction of sp³-hybridized carbons (Fsp3) is 0.243. The number of methoxy groups -OCH3 is 1.